The van der Waals surface area contributed by atoms with Gasteiger partial charge in [0.1, 0.15) is 11.9 Å². The van der Waals surface area contributed by atoms with Crippen molar-refractivity contribution >= 4 is 0 Å². The number of nitrogens with one attached hydrogen (secondary N) is 1. The highest BCUT2D eigenvalue weighted by Gasteiger charge is 2.19. The van der Waals surface area contributed by atoms with E-state index in [0.29, 0.717) is 6.10 Å². The van der Waals surface area contributed by atoms with Crippen molar-refractivity contribution in [3.05, 3.63) is 29.3 Å². The van der Waals surface area contributed by atoms with Crippen molar-refractivity contribution in [1.29, 1.82) is 0 Å². The van der Waals surface area contributed by atoms with Gasteiger partial charge >= 0.3 is 0 Å². The van der Waals surface area contributed by atoms with Crippen LogP contribution in [0.3, 0.4) is 0 Å². The van der Waals surface area contributed by atoms with E-state index < -0.39 is 0 Å². The molecule has 0 amide bonds. The van der Waals surface area contributed by atoms with E-state index in [-0.39, 0.29) is 0 Å². The Kier molecular flexibility index (Phi) is 2.23. The van der Waals surface area contributed by atoms with Crippen molar-refractivity contribution in [2.45, 2.75) is 20.0 Å². The second-order valence-electron chi connectivity index (χ2n) is 3.62. The van der Waals surface area contributed by atoms with Crippen LogP contribution in [0.1, 0.15) is 11.1 Å². The average Bonchev–Trinajstić information content (AvgIpc) is 2.00. The molecule has 0 spiro atoms. The van der Waals surface area contributed by atoms with E-state index in [9.17, 15) is 0 Å². The predicted molar refractivity (Wildman–Crippen MR) is 53.2 cm³/mol. The predicted octanol–water partition coefficient (Wildman–Crippen LogP) is 1.65. The van der Waals surface area contributed by atoms with Crippen LogP contribution in [0, 0.1) is 13.8 Å². The normalized spacial score (nSPS) is 16.8. The summed E-state index contributed by atoms with van der Waals surface area (Å²) in [6.45, 7) is 6.14. The summed E-state index contributed by atoms with van der Waals surface area (Å²) in [5.74, 6) is 1.06. The van der Waals surface area contributed by atoms with Gasteiger partial charge in [-0.2, -0.15) is 0 Å². The van der Waals surface area contributed by atoms with Crippen LogP contribution in [0.5, 0.6) is 5.75 Å². The zero-order valence-corrected chi connectivity index (χ0v) is 8.13. The molecule has 1 aliphatic heterocycles. The maximum atomic E-state index is 5.85. The smallest absolute Gasteiger partial charge is 0.125 e. The number of hydrogen-bond donors (Lipinski definition) is 1. The SMILES string of the molecule is Cc1cccc(C)c1OC1CNC1. The fourth-order valence-electron chi connectivity index (χ4n) is 1.50. The first-order valence-corrected chi connectivity index (χ1v) is 4.71. The van der Waals surface area contributed by atoms with Gasteiger partial charge in [-0.25, -0.2) is 0 Å². The van der Waals surface area contributed by atoms with Gasteiger partial charge in [-0.3, -0.25) is 0 Å². The van der Waals surface area contributed by atoms with Crippen LogP contribution in [-0.2, 0) is 0 Å². The molecule has 2 nitrogen and oxygen atoms in total. The van der Waals surface area contributed by atoms with Gasteiger partial charge in [-0.1, -0.05) is 18.2 Å². The molecule has 1 heterocycles. The van der Waals surface area contributed by atoms with Crippen molar-refractivity contribution in [3.8, 4) is 5.75 Å². The Morgan fingerprint density at radius 2 is 1.85 bits per heavy atom. The highest BCUT2D eigenvalue weighted by atomic mass is 16.5. The lowest BCUT2D eigenvalue weighted by Crippen LogP contribution is -2.50. The van der Waals surface area contributed by atoms with Crippen LogP contribution in [0.15, 0.2) is 18.2 Å². The van der Waals surface area contributed by atoms with E-state index in [1.54, 1.807) is 0 Å². The third kappa shape index (κ3) is 1.68. The molecule has 0 aliphatic carbocycles. The molecule has 0 aromatic heterocycles. The number of ether oxygens (including phenoxy) is 1. The van der Waals surface area contributed by atoms with Crippen molar-refractivity contribution in [2.24, 2.45) is 0 Å². The fourth-order valence-corrected chi connectivity index (χ4v) is 1.50. The van der Waals surface area contributed by atoms with E-state index in [4.69, 9.17) is 4.74 Å². The van der Waals surface area contributed by atoms with E-state index in [1.807, 2.05) is 0 Å². The van der Waals surface area contributed by atoms with Gasteiger partial charge in [0.2, 0.25) is 0 Å². The van der Waals surface area contributed by atoms with Crippen LogP contribution in [0.4, 0.5) is 0 Å². The van der Waals surface area contributed by atoms with Crippen LogP contribution in [-0.4, -0.2) is 19.2 Å². The first-order chi connectivity index (χ1) is 6.27. The van der Waals surface area contributed by atoms with Gasteiger partial charge in [-0.05, 0) is 25.0 Å². The topological polar surface area (TPSA) is 21.3 Å². The molecular weight excluding hydrogens is 162 g/mol. The summed E-state index contributed by atoms with van der Waals surface area (Å²) in [5, 5.41) is 3.20. The highest BCUT2D eigenvalue weighted by Crippen LogP contribution is 2.24. The molecular formula is C11H15NO. The second-order valence-corrected chi connectivity index (χ2v) is 3.62. The maximum absolute atomic E-state index is 5.85. The molecule has 2 heteroatoms. The summed E-state index contributed by atoms with van der Waals surface area (Å²) < 4.78 is 5.85. The van der Waals surface area contributed by atoms with Crippen LogP contribution < -0.4 is 10.1 Å². The molecule has 0 bridgehead atoms. The molecule has 1 aliphatic rings. The van der Waals surface area contributed by atoms with Gasteiger partial charge in [0.05, 0.1) is 0 Å². The third-order valence-corrected chi connectivity index (χ3v) is 2.44. The Morgan fingerprint density at radius 1 is 1.23 bits per heavy atom. The Bertz CT molecular complexity index is 285. The first-order valence-electron chi connectivity index (χ1n) is 4.71. The minimum Gasteiger partial charge on any atom is -0.487 e. The summed E-state index contributed by atoms with van der Waals surface area (Å²) >= 11 is 0. The van der Waals surface area contributed by atoms with E-state index in [1.165, 1.54) is 11.1 Å². The molecule has 0 unspecified atom stereocenters. The molecule has 2 rings (SSSR count). The number of benzene rings is 1. The minimum absolute atomic E-state index is 0.375. The number of hydrogen-bond acceptors (Lipinski definition) is 2. The number of para-hydroxylation sites is 1. The minimum atomic E-state index is 0.375. The lowest BCUT2D eigenvalue weighted by molar-refractivity contribution is 0.140. The Hall–Kier alpha value is -1.02. The lowest BCUT2D eigenvalue weighted by atomic mass is 10.1. The van der Waals surface area contributed by atoms with Crippen molar-refractivity contribution < 1.29 is 4.74 Å². The molecule has 13 heavy (non-hydrogen) atoms. The van der Waals surface area contributed by atoms with E-state index in [0.717, 1.165) is 18.8 Å². The average molecular weight is 177 g/mol. The van der Waals surface area contributed by atoms with Crippen LogP contribution in [0.2, 0.25) is 0 Å². The first kappa shape index (κ1) is 8.57. The molecule has 1 saturated heterocycles. The summed E-state index contributed by atoms with van der Waals surface area (Å²) in [7, 11) is 0. The molecule has 1 aromatic carbocycles. The summed E-state index contributed by atoms with van der Waals surface area (Å²) in [6.07, 6.45) is 0.375. The van der Waals surface area contributed by atoms with Gasteiger partial charge in [0.25, 0.3) is 0 Å². The van der Waals surface area contributed by atoms with Gasteiger partial charge in [0, 0.05) is 13.1 Å². The Balaban J connectivity index is 2.17. The third-order valence-electron chi connectivity index (χ3n) is 2.44. The zero-order valence-electron chi connectivity index (χ0n) is 8.13. The van der Waals surface area contributed by atoms with Gasteiger partial charge in [-0.15, -0.1) is 0 Å². The number of aryl methyl sites for hydroxylation is 2. The summed E-state index contributed by atoms with van der Waals surface area (Å²) in [4.78, 5) is 0. The van der Waals surface area contributed by atoms with Crippen molar-refractivity contribution in [2.75, 3.05) is 13.1 Å². The van der Waals surface area contributed by atoms with Gasteiger partial charge in [0.15, 0.2) is 0 Å². The molecule has 0 saturated carbocycles. The molecule has 0 radical (unpaired) electrons. The summed E-state index contributed by atoms with van der Waals surface area (Å²) in [5.41, 5.74) is 2.46. The molecule has 70 valence electrons. The zero-order chi connectivity index (χ0) is 9.26. The fraction of sp³-hybridized carbons (Fsp3) is 0.455. The molecule has 1 N–H and O–H groups in total. The highest BCUT2D eigenvalue weighted by molar-refractivity contribution is 5.40. The molecule has 1 fully saturated rings. The van der Waals surface area contributed by atoms with Crippen molar-refractivity contribution in [1.82, 2.24) is 5.32 Å². The quantitative estimate of drug-likeness (QED) is 0.741. The van der Waals surface area contributed by atoms with E-state index in [2.05, 4.69) is 37.4 Å². The lowest BCUT2D eigenvalue weighted by Gasteiger charge is -2.29. The van der Waals surface area contributed by atoms with Crippen LogP contribution >= 0.6 is 0 Å². The largest absolute Gasteiger partial charge is 0.487 e. The monoisotopic (exact) mass is 177 g/mol. The Morgan fingerprint density at radius 3 is 2.31 bits per heavy atom. The maximum Gasteiger partial charge on any atom is 0.125 e. The standard InChI is InChI=1S/C11H15NO/c1-8-4-3-5-9(2)11(8)13-10-6-12-7-10/h3-5,10,12H,6-7H2,1-2H3. The van der Waals surface area contributed by atoms with Crippen LogP contribution in [0.25, 0.3) is 0 Å². The van der Waals surface area contributed by atoms with Gasteiger partial charge < -0.3 is 10.1 Å². The second kappa shape index (κ2) is 3.38. The molecule has 0 atom stereocenters. The number of rotatable bonds is 2. The summed E-state index contributed by atoms with van der Waals surface area (Å²) in [6, 6.07) is 6.25. The van der Waals surface area contributed by atoms with Crippen molar-refractivity contribution in [3.63, 3.8) is 0 Å². The Labute approximate surface area is 78.9 Å². The molecule has 1 aromatic rings. The van der Waals surface area contributed by atoms with E-state index >= 15 is 0 Å².